The quantitative estimate of drug-likeness (QED) is 0.902. The van der Waals surface area contributed by atoms with Crippen LogP contribution in [0, 0.1) is 5.82 Å². The van der Waals surface area contributed by atoms with Crippen LogP contribution in [0.25, 0.3) is 0 Å². The monoisotopic (exact) mass is 354 g/mol. The second-order valence-electron chi connectivity index (χ2n) is 6.59. The molecular formula is C17H23FN2O3S. The fourth-order valence-corrected chi connectivity index (χ4v) is 4.76. The van der Waals surface area contributed by atoms with Crippen molar-refractivity contribution in [2.24, 2.45) is 0 Å². The minimum Gasteiger partial charge on any atom is -0.335 e. The lowest BCUT2D eigenvalue weighted by Crippen LogP contribution is -2.47. The third-order valence-corrected chi connectivity index (χ3v) is 7.31. The first-order chi connectivity index (χ1) is 11.4. The summed E-state index contributed by atoms with van der Waals surface area (Å²) in [6, 6.07) is 6.37. The summed E-state index contributed by atoms with van der Waals surface area (Å²) in [6.07, 6.45) is 1.82. The number of carbonyl (C=O) groups is 1. The number of sulfone groups is 1. The maximum atomic E-state index is 13.3. The Morgan fingerprint density at radius 2 is 2.04 bits per heavy atom. The SMILES string of the molecule is CCS(=O)(=O)C1CCN(C(=O)N[C@@H]2C[C@H]2c2cccc(F)c2)CC1. The first kappa shape index (κ1) is 17.2. The van der Waals surface area contributed by atoms with Gasteiger partial charge in [-0.15, -0.1) is 0 Å². The third-order valence-electron chi connectivity index (χ3n) is 5.02. The van der Waals surface area contributed by atoms with Gasteiger partial charge in [-0.3, -0.25) is 0 Å². The number of hydrogen-bond donors (Lipinski definition) is 1. The molecule has 5 nitrogen and oxygen atoms in total. The van der Waals surface area contributed by atoms with E-state index in [-0.39, 0.29) is 34.8 Å². The molecule has 0 aromatic heterocycles. The van der Waals surface area contributed by atoms with E-state index in [0.29, 0.717) is 25.9 Å². The summed E-state index contributed by atoms with van der Waals surface area (Å²) < 4.78 is 37.0. The number of hydrogen-bond acceptors (Lipinski definition) is 3. The molecule has 1 aliphatic carbocycles. The highest BCUT2D eigenvalue weighted by molar-refractivity contribution is 7.92. The Kier molecular flexibility index (Phi) is 4.80. The van der Waals surface area contributed by atoms with Gasteiger partial charge in [-0.25, -0.2) is 17.6 Å². The molecule has 0 spiro atoms. The van der Waals surface area contributed by atoms with E-state index in [1.807, 2.05) is 6.07 Å². The first-order valence-electron chi connectivity index (χ1n) is 8.43. The molecule has 132 valence electrons. The van der Waals surface area contributed by atoms with E-state index in [0.717, 1.165) is 12.0 Å². The molecule has 7 heteroatoms. The Hall–Kier alpha value is -1.63. The number of halogens is 1. The van der Waals surface area contributed by atoms with Gasteiger partial charge < -0.3 is 10.2 Å². The van der Waals surface area contributed by atoms with E-state index in [4.69, 9.17) is 0 Å². The standard InChI is InChI=1S/C17H23FN2O3S/c1-2-24(22,23)14-6-8-20(9-7-14)17(21)19-16-11-15(16)12-4-3-5-13(18)10-12/h3-5,10,14-16H,2,6-9,11H2,1H3,(H,19,21)/t15-,16+/m0/s1. The Morgan fingerprint density at radius 1 is 1.33 bits per heavy atom. The number of carbonyl (C=O) groups excluding carboxylic acids is 1. The molecule has 0 radical (unpaired) electrons. The van der Waals surface area contributed by atoms with Crippen LogP contribution in [0.3, 0.4) is 0 Å². The minimum atomic E-state index is -3.02. The van der Waals surface area contributed by atoms with Gasteiger partial charge in [0.05, 0.1) is 5.25 Å². The van der Waals surface area contributed by atoms with Crippen LogP contribution in [0.2, 0.25) is 0 Å². The molecule has 1 aliphatic heterocycles. The molecule has 24 heavy (non-hydrogen) atoms. The van der Waals surface area contributed by atoms with Crippen LogP contribution in [0.4, 0.5) is 9.18 Å². The number of likely N-dealkylation sites (tertiary alicyclic amines) is 1. The van der Waals surface area contributed by atoms with Crippen molar-refractivity contribution >= 4 is 15.9 Å². The molecule has 1 heterocycles. The molecule has 1 saturated heterocycles. The molecule has 1 saturated carbocycles. The molecule has 3 rings (SSSR count). The summed E-state index contributed by atoms with van der Waals surface area (Å²) in [5.41, 5.74) is 0.910. The zero-order valence-corrected chi connectivity index (χ0v) is 14.6. The van der Waals surface area contributed by atoms with E-state index in [9.17, 15) is 17.6 Å². The van der Waals surface area contributed by atoms with Crippen LogP contribution >= 0.6 is 0 Å². The van der Waals surface area contributed by atoms with Gasteiger partial charge in [0, 0.05) is 30.8 Å². The number of piperidine rings is 1. The van der Waals surface area contributed by atoms with E-state index < -0.39 is 9.84 Å². The molecule has 0 unspecified atom stereocenters. The van der Waals surface area contributed by atoms with Gasteiger partial charge in [-0.1, -0.05) is 19.1 Å². The molecule has 2 fully saturated rings. The number of nitrogens with zero attached hydrogens (tertiary/aromatic N) is 1. The molecule has 1 N–H and O–H groups in total. The van der Waals surface area contributed by atoms with Gasteiger partial charge in [0.15, 0.2) is 9.84 Å². The van der Waals surface area contributed by atoms with Crippen LogP contribution < -0.4 is 5.32 Å². The van der Waals surface area contributed by atoms with Crippen LogP contribution in [-0.2, 0) is 9.84 Å². The van der Waals surface area contributed by atoms with E-state index in [2.05, 4.69) is 5.32 Å². The molecule has 0 bridgehead atoms. The minimum absolute atomic E-state index is 0.0383. The number of amides is 2. The van der Waals surface area contributed by atoms with Crippen molar-refractivity contribution < 1.29 is 17.6 Å². The van der Waals surface area contributed by atoms with Crippen LogP contribution in [0.1, 0.15) is 37.7 Å². The summed E-state index contributed by atoms with van der Waals surface area (Å²) in [6.45, 7) is 2.59. The summed E-state index contributed by atoms with van der Waals surface area (Å²) in [7, 11) is -3.02. The molecule has 1 aromatic carbocycles. The van der Waals surface area contributed by atoms with Crippen molar-refractivity contribution in [1.29, 1.82) is 0 Å². The zero-order valence-electron chi connectivity index (χ0n) is 13.7. The summed E-state index contributed by atoms with van der Waals surface area (Å²) >= 11 is 0. The fourth-order valence-electron chi connectivity index (χ4n) is 3.36. The number of urea groups is 1. The van der Waals surface area contributed by atoms with Gasteiger partial charge in [-0.2, -0.15) is 0 Å². The smallest absolute Gasteiger partial charge is 0.317 e. The highest BCUT2D eigenvalue weighted by Crippen LogP contribution is 2.41. The van der Waals surface area contributed by atoms with Crippen LogP contribution in [-0.4, -0.2) is 49.5 Å². The Labute approximate surface area is 142 Å². The second kappa shape index (κ2) is 6.70. The van der Waals surface area contributed by atoms with Gasteiger partial charge in [0.1, 0.15) is 5.82 Å². The van der Waals surface area contributed by atoms with Crippen molar-refractivity contribution in [3.8, 4) is 0 Å². The molecular weight excluding hydrogens is 331 g/mol. The predicted molar refractivity (Wildman–Crippen MR) is 90.1 cm³/mol. The van der Waals surface area contributed by atoms with Crippen LogP contribution in [0.5, 0.6) is 0 Å². The van der Waals surface area contributed by atoms with E-state index in [1.54, 1.807) is 17.9 Å². The third kappa shape index (κ3) is 3.71. The van der Waals surface area contributed by atoms with Crippen molar-refractivity contribution in [2.75, 3.05) is 18.8 Å². The van der Waals surface area contributed by atoms with Gasteiger partial charge in [0.25, 0.3) is 0 Å². The summed E-state index contributed by atoms with van der Waals surface area (Å²) in [4.78, 5) is 14.0. The van der Waals surface area contributed by atoms with Crippen molar-refractivity contribution in [1.82, 2.24) is 10.2 Å². The predicted octanol–water partition coefficient (Wildman–Crippen LogP) is 2.29. The zero-order chi connectivity index (χ0) is 17.3. The first-order valence-corrected chi connectivity index (χ1v) is 10.1. The highest BCUT2D eigenvalue weighted by Gasteiger charge is 2.41. The molecule has 2 amide bonds. The van der Waals surface area contributed by atoms with Crippen LogP contribution in [0.15, 0.2) is 24.3 Å². The summed E-state index contributed by atoms with van der Waals surface area (Å²) in [5, 5.41) is 2.65. The topological polar surface area (TPSA) is 66.5 Å². The Bertz CT molecular complexity index is 714. The summed E-state index contributed by atoms with van der Waals surface area (Å²) in [5.74, 6) is 0.0627. The molecule has 1 aromatic rings. The van der Waals surface area contributed by atoms with E-state index >= 15 is 0 Å². The average molecular weight is 354 g/mol. The van der Waals surface area contributed by atoms with Crippen molar-refractivity contribution in [2.45, 2.75) is 43.4 Å². The van der Waals surface area contributed by atoms with Gasteiger partial charge >= 0.3 is 6.03 Å². The Balaban J connectivity index is 1.49. The number of benzene rings is 1. The second-order valence-corrected chi connectivity index (χ2v) is 9.16. The highest BCUT2D eigenvalue weighted by atomic mass is 32.2. The largest absolute Gasteiger partial charge is 0.335 e. The lowest BCUT2D eigenvalue weighted by molar-refractivity contribution is 0.186. The lowest BCUT2D eigenvalue weighted by Gasteiger charge is -2.31. The number of nitrogens with one attached hydrogen (secondary N) is 1. The van der Waals surface area contributed by atoms with E-state index in [1.165, 1.54) is 12.1 Å². The maximum absolute atomic E-state index is 13.3. The molecule has 2 atom stereocenters. The Morgan fingerprint density at radius 3 is 2.67 bits per heavy atom. The normalized spacial score (nSPS) is 24.7. The van der Waals surface area contributed by atoms with Crippen molar-refractivity contribution in [3.63, 3.8) is 0 Å². The average Bonchev–Trinajstić information content (AvgIpc) is 3.34. The molecule has 2 aliphatic rings. The van der Waals surface area contributed by atoms with Crippen molar-refractivity contribution in [3.05, 3.63) is 35.6 Å². The maximum Gasteiger partial charge on any atom is 0.317 e. The lowest BCUT2D eigenvalue weighted by atomic mass is 10.1. The fraction of sp³-hybridized carbons (Fsp3) is 0.588. The van der Waals surface area contributed by atoms with Gasteiger partial charge in [-0.05, 0) is 37.0 Å². The van der Waals surface area contributed by atoms with Gasteiger partial charge in [0.2, 0.25) is 0 Å². The number of rotatable bonds is 4.